The van der Waals surface area contributed by atoms with Crippen molar-refractivity contribution < 1.29 is 18.9 Å². The molecule has 1 aromatic rings. The highest BCUT2D eigenvalue weighted by atomic mass is 32.5. The van der Waals surface area contributed by atoms with Gasteiger partial charge in [0.2, 0.25) is 0 Å². The lowest BCUT2D eigenvalue weighted by molar-refractivity contribution is 0.0728. The summed E-state index contributed by atoms with van der Waals surface area (Å²) in [7, 11) is 1.26. The van der Waals surface area contributed by atoms with Gasteiger partial charge in [0.25, 0.3) is 0 Å². The van der Waals surface area contributed by atoms with Gasteiger partial charge in [0.05, 0.1) is 0 Å². The van der Waals surface area contributed by atoms with Crippen molar-refractivity contribution in [2.75, 3.05) is 7.11 Å². The van der Waals surface area contributed by atoms with Crippen LogP contribution in [0.25, 0.3) is 0 Å². The van der Waals surface area contributed by atoms with E-state index in [1.807, 2.05) is 0 Å². The molecule has 0 aliphatic heterocycles. The third-order valence-corrected chi connectivity index (χ3v) is 3.19. The minimum atomic E-state index is -3.04. The van der Waals surface area contributed by atoms with E-state index in [1.54, 1.807) is 12.1 Å². The van der Waals surface area contributed by atoms with Crippen LogP contribution in [0.5, 0.6) is 5.75 Å². The zero-order chi connectivity index (χ0) is 11.5. The normalized spacial score (nSPS) is 14.3. The van der Waals surface area contributed by atoms with Crippen LogP contribution in [-0.4, -0.2) is 18.2 Å². The second-order valence-electron chi connectivity index (χ2n) is 2.62. The molecule has 0 fully saturated rings. The predicted molar refractivity (Wildman–Crippen MR) is 59.0 cm³/mol. The Hall–Kier alpha value is -0.940. The number of phenolic OH excluding ortho intramolecular Hbond substituents is 1. The number of aromatic hydroxyl groups is 1. The largest absolute Gasteiger partial charge is 0.507 e. The topological polar surface area (TPSA) is 81.8 Å². The van der Waals surface area contributed by atoms with Crippen LogP contribution in [0.3, 0.4) is 0 Å². The van der Waals surface area contributed by atoms with E-state index < -0.39 is 12.6 Å². The summed E-state index contributed by atoms with van der Waals surface area (Å²) >= 11 is 4.71. The zero-order valence-corrected chi connectivity index (χ0v) is 9.63. The molecule has 0 bridgehead atoms. The van der Waals surface area contributed by atoms with Crippen LogP contribution in [0.2, 0.25) is 0 Å². The molecule has 0 heterocycles. The molecular weight excluding hydrogens is 237 g/mol. The summed E-state index contributed by atoms with van der Waals surface area (Å²) in [5.41, 5.74) is 5.39. The smallest absolute Gasteiger partial charge is 0.347 e. The van der Waals surface area contributed by atoms with Crippen LogP contribution in [0.4, 0.5) is 0 Å². The van der Waals surface area contributed by atoms with Crippen molar-refractivity contribution in [1.29, 1.82) is 0 Å². The molecule has 0 aliphatic carbocycles. The van der Waals surface area contributed by atoms with Crippen molar-refractivity contribution in [2.45, 2.75) is 0 Å². The number of hydrogen-bond donors (Lipinski definition) is 2. The average molecular weight is 247 g/mol. The highest BCUT2D eigenvalue weighted by molar-refractivity contribution is 8.09. The van der Waals surface area contributed by atoms with Gasteiger partial charge in [-0.15, -0.1) is 0 Å². The molecule has 0 saturated carbocycles. The Morgan fingerprint density at radius 3 is 2.67 bits per heavy atom. The van der Waals surface area contributed by atoms with Crippen molar-refractivity contribution in [3.8, 4) is 5.75 Å². The van der Waals surface area contributed by atoms with Gasteiger partial charge < -0.3 is 14.2 Å². The highest BCUT2D eigenvalue weighted by Crippen LogP contribution is 2.39. The van der Waals surface area contributed by atoms with Crippen LogP contribution in [-0.2, 0) is 20.9 Å². The molecule has 1 aromatic carbocycles. The van der Waals surface area contributed by atoms with Gasteiger partial charge in [-0.25, -0.2) is 10.3 Å². The van der Waals surface area contributed by atoms with E-state index in [0.29, 0.717) is 0 Å². The molecule has 5 nitrogen and oxygen atoms in total. The molecule has 1 unspecified atom stereocenters. The van der Waals surface area contributed by atoms with E-state index in [1.165, 1.54) is 19.2 Å². The number of rotatable bonds is 3. The number of para-hydroxylation sites is 1. The molecule has 0 saturated heterocycles. The van der Waals surface area contributed by atoms with Gasteiger partial charge in [0, 0.05) is 7.11 Å². The fourth-order valence-corrected chi connectivity index (χ4v) is 1.46. The van der Waals surface area contributed by atoms with Gasteiger partial charge >= 0.3 is 12.6 Å². The molecule has 15 heavy (non-hydrogen) atoms. The van der Waals surface area contributed by atoms with Gasteiger partial charge in [-0.2, -0.15) is 0 Å². The second-order valence-corrected chi connectivity index (χ2v) is 5.77. The van der Waals surface area contributed by atoms with Crippen LogP contribution >= 0.6 is 6.64 Å². The Morgan fingerprint density at radius 2 is 2.13 bits per heavy atom. The lowest BCUT2D eigenvalue weighted by Gasteiger charge is -2.14. The number of nitrogens with two attached hydrogens (primary N) is 1. The first-order valence-electron chi connectivity index (χ1n) is 3.92. The fourth-order valence-electron chi connectivity index (χ4n) is 0.848. The molecule has 0 spiro atoms. The lowest BCUT2D eigenvalue weighted by Crippen LogP contribution is -2.09. The number of phenols is 1. The van der Waals surface area contributed by atoms with Gasteiger partial charge in [-0.3, -0.25) is 0 Å². The minimum absolute atomic E-state index is 0.00854. The summed E-state index contributed by atoms with van der Waals surface area (Å²) in [6.45, 7) is -3.04. The summed E-state index contributed by atoms with van der Waals surface area (Å²) < 4.78 is 9.39. The molecule has 0 aromatic heterocycles. The molecule has 7 heteroatoms. The Kier molecular flexibility index (Phi) is 3.82. The maximum Gasteiger partial charge on any atom is 0.347 e. The molecule has 82 valence electrons. The summed E-state index contributed by atoms with van der Waals surface area (Å²) in [6.07, 6.45) is 0. The summed E-state index contributed by atoms with van der Waals surface area (Å²) in [6, 6.07) is 5.94. The Balaban J connectivity index is 2.88. The van der Waals surface area contributed by atoms with Gasteiger partial charge in [-0.1, -0.05) is 12.1 Å². The Bertz CT molecular complexity index is 423. The van der Waals surface area contributed by atoms with Crippen molar-refractivity contribution in [2.24, 2.45) is 5.50 Å². The molecule has 3 N–H and O–H groups in total. The lowest BCUT2D eigenvalue weighted by atomic mass is 10.2. The minimum Gasteiger partial charge on any atom is -0.507 e. The first-order chi connectivity index (χ1) is 6.96. The number of benzene rings is 1. The van der Waals surface area contributed by atoms with E-state index in [4.69, 9.17) is 21.8 Å². The maximum absolute atomic E-state index is 11.5. The second kappa shape index (κ2) is 4.72. The third-order valence-electron chi connectivity index (χ3n) is 1.59. The van der Waals surface area contributed by atoms with E-state index >= 15 is 0 Å². The fraction of sp³-hybridized carbons (Fsp3) is 0.125. The molecule has 1 rings (SSSR count). The summed E-state index contributed by atoms with van der Waals surface area (Å²) in [5, 5.41) is 9.35. The summed E-state index contributed by atoms with van der Waals surface area (Å²) in [4.78, 5) is 11.5. The Morgan fingerprint density at radius 1 is 1.53 bits per heavy atom. The number of carbonyl (C=O) groups is 1. The molecule has 0 amide bonds. The summed E-state index contributed by atoms with van der Waals surface area (Å²) in [5.74, 6) is -0.977. The van der Waals surface area contributed by atoms with Crippen LogP contribution in [0, 0.1) is 0 Å². The van der Waals surface area contributed by atoms with Crippen molar-refractivity contribution in [3.05, 3.63) is 29.8 Å². The number of carbonyl (C=O) groups excluding carboxylic acids is 1. The Labute approximate surface area is 92.0 Å². The quantitative estimate of drug-likeness (QED) is 0.785. The maximum atomic E-state index is 11.5. The highest BCUT2D eigenvalue weighted by Gasteiger charge is 2.20. The van der Waals surface area contributed by atoms with Crippen molar-refractivity contribution in [1.82, 2.24) is 0 Å². The molecular formula is C8H10NO4PS. The zero-order valence-electron chi connectivity index (χ0n) is 7.91. The van der Waals surface area contributed by atoms with E-state index in [2.05, 4.69) is 4.52 Å². The monoisotopic (exact) mass is 247 g/mol. The van der Waals surface area contributed by atoms with Crippen LogP contribution in [0.1, 0.15) is 10.4 Å². The average Bonchev–Trinajstić information content (AvgIpc) is 2.17. The predicted octanol–water partition coefficient (Wildman–Crippen LogP) is 1.38. The third kappa shape index (κ3) is 3.28. The SMILES string of the molecule is COP(N)(=S)OC(=O)c1ccccc1O. The van der Waals surface area contributed by atoms with E-state index in [-0.39, 0.29) is 11.3 Å². The van der Waals surface area contributed by atoms with Crippen molar-refractivity contribution >= 4 is 24.4 Å². The standard InChI is InChI=1S/C8H10NO4PS/c1-12-14(9,15)13-8(11)6-4-2-3-5-7(6)10/h2-5,10H,1H3,(H2,9,15). The van der Waals surface area contributed by atoms with E-state index in [9.17, 15) is 9.90 Å². The molecule has 1 atom stereocenters. The first kappa shape index (κ1) is 12.1. The van der Waals surface area contributed by atoms with Crippen LogP contribution in [0.15, 0.2) is 24.3 Å². The molecule has 0 radical (unpaired) electrons. The van der Waals surface area contributed by atoms with Gasteiger partial charge in [0.15, 0.2) is 0 Å². The van der Waals surface area contributed by atoms with E-state index in [0.717, 1.165) is 0 Å². The number of hydrogen-bond acceptors (Lipinski definition) is 5. The van der Waals surface area contributed by atoms with Gasteiger partial charge in [0.1, 0.15) is 11.3 Å². The first-order valence-corrected chi connectivity index (χ1v) is 6.63. The van der Waals surface area contributed by atoms with Gasteiger partial charge in [-0.05, 0) is 23.9 Å². The molecule has 0 aliphatic rings. The van der Waals surface area contributed by atoms with Crippen LogP contribution < -0.4 is 5.50 Å². The van der Waals surface area contributed by atoms with Crippen molar-refractivity contribution in [3.63, 3.8) is 0 Å².